The molecule has 3 heteroatoms. The second-order valence-corrected chi connectivity index (χ2v) is 12.4. The van der Waals surface area contributed by atoms with E-state index < -0.39 is 0 Å². The van der Waals surface area contributed by atoms with Gasteiger partial charge in [0.05, 0.1) is 4.88 Å². The molecule has 0 amide bonds. The van der Waals surface area contributed by atoms with Crippen LogP contribution in [-0.4, -0.2) is 0 Å². The largest absolute Gasteiger partial charge is 0.487 e. The van der Waals surface area contributed by atoms with Crippen molar-refractivity contribution in [1.29, 1.82) is 0 Å². The summed E-state index contributed by atoms with van der Waals surface area (Å²) in [5, 5.41) is 9.86. The van der Waals surface area contributed by atoms with Crippen molar-refractivity contribution in [3.8, 4) is 16.2 Å². The Morgan fingerprint density at radius 1 is 0.667 bits per heavy atom. The van der Waals surface area contributed by atoms with E-state index in [9.17, 15) is 0 Å². The minimum absolute atomic E-state index is 0.374. The Labute approximate surface area is 250 Å². The number of hydrogen-bond donors (Lipinski definition) is 1. The van der Waals surface area contributed by atoms with Crippen LogP contribution < -0.4 is 10.5 Å². The molecule has 1 heterocycles. The van der Waals surface area contributed by atoms with Gasteiger partial charge in [0, 0.05) is 11.1 Å². The normalized spacial score (nSPS) is 16.6. The Hall–Kier alpha value is -4.44. The summed E-state index contributed by atoms with van der Waals surface area (Å²) in [4.78, 5) is 1.18. The van der Waals surface area contributed by atoms with Crippen LogP contribution in [0.4, 0.5) is 0 Å². The molecule has 204 valence electrons. The molecule has 42 heavy (non-hydrogen) atoms. The standard InChI is InChI=1S/C39H31NOS/c40-39(36-15-6-11-27-10-4-5-12-30(27)36)22-20-29-28(24-39)16-17-33-31-13-7-14-35(34(31)19-18-32(29)33)38-37(21-23-42-38)41-25-26-8-2-1-3-9-26/h1-19,21,23H,20,22,24-25,40H2. The average Bonchev–Trinajstić information content (AvgIpc) is 3.51. The second kappa shape index (κ2) is 10.1. The van der Waals surface area contributed by atoms with Crippen molar-refractivity contribution >= 4 is 43.7 Å². The van der Waals surface area contributed by atoms with Crippen LogP contribution in [0.2, 0.25) is 0 Å². The number of ether oxygens (including phenoxy) is 1. The van der Waals surface area contributed by atoms with Crippen molar-refractivity contribution in [2.24, 2.45) is 5.73 Å². The summed E-state index contributed by atoms with van der Waals surface area (Å²) in [7, 11) is 0. The average molecular weight is 562 g/mol. The fourth-order valence-corrected chi connectivity index (χ4v) is 7.82. The van der Waals surface area contributed by atoms with Crippen molar-refractivity contribution in [2.45, 2.75) is 31.4 Å². The molecule has 0 bridgehead atoms. The van der Waals surface area contributed by atoms with Gasteiger partial charge in [-0.15, -0.1) is 11.3 Å². The number of aryl methyl sites for hydroxylation is 1. The lowest BCUT2D eigenvalue weighted by molar-refractivity contribution is 0.309. The van der Waals surface area contributed by atoms with Gasteiger partial charge >= 0.3 is 0 Å². The Bertz CT molecular complexity index is 2090. The van der Waals surface area contributed by atoms with E-state index in [4.69, 9.17) is 10.5 Å². The zero-order valence-electron chi connectivity index (χ0n) is 23.3. The number of fused-ring (bicyclic) bond motifs is 6. The molecule has 0 saturated heterocycles. The minimum Gasteiger partial charge on any atom is -0.487 e. The summed E-state index contributed by atoms with van der Waals surface area (Å²) in [6, 6.07) is 43.6. The predicted molar refractivity (Wildman–Crippen MR) is 177 cm³/mol. The Balaban J connectivity index is 1.17. The van der Waals surface area contributed by atoms with E-state index in [0.717, 1.165) is 25.0 Å². The van der Waals surface area contributed by atoms with Gasteiger partial charge in [0.1, 0.15) is 12.4 Å². The molecule has 7 aromatic rings. The van der Waals surface area contributed by atoms with Gasteiger partial charge < -0.3 is 10.5 Å². The van der Waals surface area contributed by atoms with Gasteiger partial charge in [-0.05, 0) is 85.3 Å². The summed E-state index contributed by atoms with van der Waals surface area (Å²) >= 11 is 1.74. The van der Waals surface area contributed by atoms with Crippen LogP contribution >= 0.6 is 11.3 Å². The molecule has 0 aliphatic heterocycles. The van der Waals surface area contributed by atoms with Gasteiger partial charge in [-0.2, -0.15) is 0 Å². The maximum Gasteiger partial charge on any atom is 0.138 e. The molecular formula is C39H31NOS. The molecule has 8 rings (SSSR count). The van der Waals surface area contributed by atoms with Crippen LogP contribution in [0.1, 0.15) is 28.7 Å². The monoisotopic (exact) mass is 561 g/mol. The van der Waals surface area contributed by atoms with Crippen molar-refractivity contribution in [3.05, 3.63) is 149 Å². The topological polar surface area (TPSA) is 35.2 Å². The van der Waals surface area contributed by atoms with Crippen molar-refractivity contribution in [3.63, 3.8) is 0 Å². The predicted octanol–water partition coefficient (Wildman–Crippen LogP) is 9.80. The third-order valence-corrected chi connectivity index (χ3v) is 9.96. The molecule has 1 aliphatic rings. The van der Waals surface area contributed by atoms with Crippen molar-refractivity contribution in [2.75, 3.05) is 0 Å². The van der Waals surface area contributed by atoms with E-state index in [1.54, 1.807) is 11.3 Å². The first-order chi connectivity index (χ1) is 20.7. The molecule has 0 radical (unpaired) electrons. The molecule has 1 atom stereocenters. The zero-order chi connectivity index (χ0) is 28.1. The highest BCUT2D eigenvalue weighted by Gasteiger charge is 2.34. The van der Waals surface area contributed by atoms with E-state index in [1.807, 2.05) is 6.07 Å². The van der Waals surface area contributed by atoms with Gasteiger partial charge in [-0.3, -0.25) is 0 Å². The summed E-state index contributed by atoms with van der Waals surface area (Å²) in [6.07, 6.45) is 2.75. The van der Waals surface area contributed by atoms with Gasteiger partial charge in [0.15, 0.2) is 0 Å². The van der Waals surface area contributed by atoms with E-state index in [0.29, 0.717) is 6.61 Å². The number of benzene rings is 6. The van der Waals surface area contributed by atoms with Crippen LogP contribution in [0.5, 0.6) is 5.75 Å². The maximum atomic E-state index is 7.24. The fraction of sp³-hybridized carbons (Fsp3) is 0.128. The molecule has 0 saturated carbocycles. The minimum atomic E-state index is -0.374. The van der Waals surface area contributed by atoms with Gasteiger partial charge in [-0.1, -0.05) is 115 Å². The van der Waals surface area contributed by atoms with Crippen LogP contribution in [0.15, 0.2) is 127 Å². The number of nitrogens with two attached hydrogens (primary N) is 1. The third-order valence-electron chi connectivity index (χ3n) is 9.03. The van der Waals surface area contributed by atoms with Crippen molar-refractivity contribution in [1.82, 2.24) is 0 Å². The summed E-state index contributed by atoms with van der Waals surface area (Å²) in [6.45, 7) is 0.561. The van der Waals surface area contributed by atoms with E-state index in [-0.39, 0.29) is 5.54 Å². The summed E-state index contributed by atoms with van der Waals surface area (Å²) in [5.41, 5.74) is 13.3. The summed E-state index contributed by atoms with van der Waals surface area (Å²) < 4.78 is 6.31. The van der Waals surface area contributed by atoms with Crippen LogP contribution in [0.25, 0.3) is 42.8 Å². The van der Waals surface area contributed by atoms with E-state index in [1.165, 1.54) is 65.0 Å². The quantitative estimate of drug-likeness (QED) is 0.212. The van der Waals surface area contributed by atoms with Crippen molar-refractivity contribution < 1.29 is 4.74 Å². The number of rotatable bonds is 5. The smallest absolute Gasteiger partial charge is 0.138 e. The lowest BCUT2D eigenvalue weighted by Crippen LogP contribution is -2.42. The lowest BCUT2D eigenvalue weighted by atomic mass is 9.72. The third kappa shape index (κ3) is 4.20. The highest BCUT2D eigenvalue weighted by atomic mass is 32.1. The molecule has 2 nitrogen and oxygen atoms in total. The first-order valence-corrected chi connectivity index (χ1v) is 15.5. The zero-order valence-corrected chi connectivity index (χ0v) is 24.2. The fourth-order valence-electron chi connectivity index (χ4n) is 6.95. The summed E-state index contributed by atoms with van der Waals surface area (Å²) in [5.74, 6) is 0.939. The molecule has 6 aromatic carbocycles. The highest BCUT2D eigenvalue weighted by molar-refractivity contribution is 7.14. The molecule has 2 N–H and O–H groups in total. The molecule has 1 aromatic heterocycles. The second-order valence-electron chi connectivity index (χ2n) is 11.5. The van der Waals surface area contributed by atoms with Gasteiger partial charge in [0.2, 0.25) is 0 Å². The Morgan fingerprint density at radius 3 is 2.33 bits per heavy atom. The molecule has 0 fully saturated rings. The Morgan fingerprint density at radius 2 is 1.40 bits per heavy atom. The highest BCUT2D eigenvalue weighted by Crippen LogP contribution is 2.44. The number of hydrogen-bond acceptors (Lipinski definition) is 3. The van der Waals surface area contributed by atoms with E-state index >= 15 is 0 Å². The van der Waals surface area contributed by atoms with E-state index in [2.05, 4.69) is 121 Å². The first-order valence-electron chi connectivity index (χ1n) is 14.7. The molecule has 0 spiro atoms. The molecular weight excluding hydrogens is 531 g/mol. The van der Waals surface area contributed by atoms with Crippen LogP contribution in [-0.2, 0) is 25.0 Å². The SMILES string of the molecule is NC1(c2cccc3ccccc23)CCc2c(ccc3c2ccc2c(-c4sccc4OCc4ccccc4)cccc23)C1. The Kier molecular flexibility index (Phi) is 6.10. The molecule has 1 unspecified atom stereocenters. The molecule has 1 aliphatic carbocycles. The van der Waals surface area contributed by atoms with Gasteiger partial charge in [0.25, 0.3) is 0 Å². The van der Waals surface area contributed by atoms with Gasteiger partial charge in [-0.25, -0.2) is 0 Å². The van der Waals surface area contributed by atoms with Crippen LogP contribution in [0, 0.1) is 0 Å². The maximum absolute atomic E-state index is 7.24. The number of thiophene rings is 1. The lowest BCUT2D eigenvalue weighted by Gasteiger charge is -2.36. The first kappa shape index (κ1) is 25.3. The van der Waals surface area contributed by atoms with Crippen LogP contribution in [0.3, 0.4) is 0 Å².